The van der Waals surface area contributed by atoms with Crippen molar-refractivity contribution in [3.63, 3.8) is 0 Å². The molecule has 0 unspecified atom stereocenters. The largest absolute Gasteiger partial charge is 0.480 e. The molecule has 1 fully saturated rings. The van der Waals surface area contributed by atoms with E-state index in [2.05, 4.69) is 34.9 Å². The molecule has 2 aliphatic carbocycles. The Morgan fingerprint density at radius 3 is 2.14 bits per heavy atom. The third kappa shape index (κ3) is 6.02. The average Bonchev–Trinajstić information content (AvgIpc) is 3.12. The summed E-state index contributed by atoms with van der Waals surface area (Å²) in [6.07, 6.45) is 1.98. The Hall–Kier alpha value is -3.35. The van der Waals surface area contributed by atoms with Crippen LogP contribution in [0.25, 0.3) is 11.1 Å². The van der Waals surface area contributed by atoms with Crippen molar-refractivity contribution in [2.24, 2.45) is 17.8 Å². The highest BCUT2D eigenvalue weighted by atomic mass is 16.5. The van der Waals surface area contributed by atoms with Crippen LogP contribution in [0.2, 0.25) is 0 Å². The summed E-state index contributed by atoms with van der Waals surface area (Å²) >= 11 is 0. The number of fused-ring (bicyclic) bond motifs is 3. The molecule has 35 heavy (non-hydrogen) atoms. The van der Waals surface area contributed by atoms with Crippen LogP contribution in [0.5, 0.6) is 0 Å². The van der Waals surface area contributed by atoms with Gasteiger partial charge in [0.2, 0.25) is 5.91 Å². The number of ether oxygens (including phenoxy) is 1. The standard InChI is InChI=1S/C28H34N2O5/c1-17(2)11-25(27(32)33)30-26(31)14-18-12-19(13-18)15-29-28(34)35-16-24-22-9-5-3-7-20(22)21-8-4-6-10-23(21)24/h3-10,17-19,24-25H,11-16H2,1-2H3,(H,29,34)(H,30,31)(H,32,33)/t18?,19?,25-/m0/s1. The van der Waals surface area contributed by atoms with Gasteiger partial charge < -0.3 is 20.5 Å². The molecule has 2 amide bonds. The number of nitrogens with one attached hydrogen (secondary N) is 2. The van der Waals surface area contributed by atoms with E-state index >= 15 is 0 Å². The second kappa shape index (κ2) is 10.9. The number of carboxylic acid groups (broad SMARTS) is 1. The van der Waals surface area contributed by atoms with Gasteiger partial charge in [0.05, 0.1) is 0 Å². The fourth-order valence-electron chi connectivity index (χ4n) is 5.29. The summed E-state index contributed by atoms with van der Waals surface area (Å²) in [6, 6.07) is 15.6. The van der Waals surface area contributed by atoms with E-state index in [1.54, 1.807) is 0 Å². The number of carbonyl (C=O) groups is 3. The molecule has 7 nitrogen and oxygen atoms in total. The van der Waals surface area contributed by atoms with Crippen LogP contribution in [0.3, 0.4) is 0 Å². The van der Waals surface area contributed by atoms with E-state index in [0.717, 1.165) is 12.8 Å². The molecule has 1 saturated carbocycles. The third-order valence-electron chi connectivity index (χ3n) is 7.03. The first-order valence-electron chi connectivity index (χ1n) is 12.4. The van der Waals surface area contributed by atoms with E-state index in [9.17, 15) is 19.5 Å². The van der Waals surface area contributed by atoms with Crippen LogP contribution in [0, 0.1) is 17.8 Å². The fraction of sp³-hybridized carbons (Fsp3) is 0.464. The smallest absolute Gasteiger partial charge is 0.407 e. The first-order chi connectivity index (χ1) is 16.8. The van der Waals surface area contributed by atoms with Crippen molar-refractivity contribution >= 4 is 18.0 Å². The SMILES string of the molecule is CC(C)C[C@H](NC(=O)CC1CC(CNC(=O)OCC2c3ccccc3-c3ccccc32)C1)C(=O)O. The minimum atomic E-state index is -0.995. The molecule has 2 aromatic rings. The van der Waals surface area contributed by atoms with E-state index in [1.165, 1.54) is 22.3 Å². The molecule has 1 atom stereocenters. The quantitative estimate of drug-likeness (QED) is 0.464. The van der Waals surface area contributed by atoms with E-state index in [1.807, 2.05) is 38.1 Å². The monoisotopic (exact) mass is 478 g/mol. The number of rotatable bonds is 10. The predicted octanol–water partition coefficient (Wildman–Crippen LogP) is 4.56. The second-order valence-electron chi connectivity index (χ2n) is 10.2. The predicted molar refractivity (Wildman–Crippen MR) is 133 cm³/mol. The van der Waals surface area contributed by atoms with Gasteiger partial charge in [0.15, 0.2) is 0 Å². The van der Waals surface area contributed by atoms with Gasteiger partial charge in [-0.15, -0.1) is 0 Å². The van der Waals surface area contributed by atoms with Crippen LogP contribution < -0.4 is 10.6 Å². The zero-order valence-corrected chi connectivity index (χ0v) is 20.3. The number of hydrogen-bond donors (Lipinski definition) is 3. The van der Waals surface area contributed by atoms with Gasteiger partial charge in [-0.2, -0.15) is 0 Å². The number of benzene rings is 2. The molecule has 2 aliphatic rings. The van der Waals surface area contributed by atoms with Crippen molar-refractivity contribution in [3.05, 3.63) is 59.7 Å². The zero-order chi connectivity index (χ0) is 24.9. The van der Waals surface area contributed by atoms with Gasteiger partial charge in [-0.05, 0) is 59.3 Å². The Labute approximate surface area is 206 Å². The minimum absolute atomic E-state index is 0.0325. The summed E-state index contributed by atoms with van der Waals surface area (Å²) in [5, 5.41) is 14.8. The first-order valence-corrected chi connectivity index (χ1v) is 12.4. The lowest BCUT2D eigenvalue weighted by Gasteiger charge is -2.35. The molecule has 0 heterocycles. The van der Waals surface area contributed by atoms with E-state index in [0.29, 0.717) is 25.3 Å². The molecular weight excluding hydrogens is 444 g/mol. The highest BCUT2D eigenvalue weighted by Crippen LogP contribution is 2.44. The molecule has 2 aromatic carbocycles. The van der Waals surface area contributed by atoms with Crippen molar-refractivity contribution in [1.29, 1.82) is 0 Å². The van der Waals surface area contributed by atoms with Gasteiger partial charge in [-0.1, -0.05) is 62.4 Å². The number of aliphatic carboxylic acids is 1. The van der Waals surface area contributed by atoms with Crippen LogP contribution in [-0.2, 0) is 14.3 Å². The molecule has 7 heteroatoms. The molecule has 0 aromatic heterocycles. The maximum absolute atomic E-state index is 12.3. The van der Waals surface area contributed by atoms with Gasteiger partial charge in [0.1, 0.15) is 12.6 Å². The van der Waals surface area contributed by atoms with Crippen molar-refractivity contribution in [3.8, 4) is 11.1 Å². The lowest BCUT2D eigenvalue weighted by molar-refractivity contribution is -0.142. The highest BCUT2D eigenvalue weighted by Gasteiger charge is 2.33. The van der Waals surface area contributed by atoms with Crippen LogP contribution in [0.1, 0.15) is 56.6 Å². The Morgan fingerprint density at radius 2 is 1.57 bits per heavy atom. The molecule has 0 radical (unpaired) electrons. The van der Waals surface area contributed by atoms with Crippen molar-refractivity contribution in [1.82, 2.24) is 10.6 Å². The van der Waals surface area contributed by atoms with E-state index < -0.39 is 18.1 Å². The highest BCUT2D eigenvalue weighted by molar-refractivity contribution is 5.83. The molecule has 0 saturated heterocycles. The topological polar surface area (TPSA) is 105 Å². The van der Waals surface area contributed by atoms with Crippen molar-refractivity contribution < 1.29 is 24.2 Å². The summed E-state index contributed by atoms with van der Waals surface area (Å²) in [5.41, 5.74) is 4.75. The van der Waals surface area contributed by atoms with Crippen molar-refractivity contribution in [2.45, 2.75) is 51.5 Å². The lowest BCUT2D eigenvalue weighted by atomic mass is 9.73. The Balaban J connectivity index is 1.17. The molecule has 4 rings (SSSR count). The normalized spacial score (nSPS) is 19.3. The summed E-state index contributed by atoms with van der Waals surface area (Å²) in [4.78, 5) is 35.9. The minimum Gasteiger partial charge on any atom is -0.480 e. The number of amides is 2. The molecule has 3 N–H and O–H groups in total. The number of carboxylic acids is 1. The summed E-state index contributed by atoms with van der Waals surface area (Å²) < 4.78 is 5.58. The van der Waals surface area contributed by atoms with Crippen LogP contribution in [0.4, 0.5) is 4.79 Å². The van der Waals surface area contributed by atoms with E-state index in [4.69, 9.17) is 4.74 Å². The molecule has 186 valence electrons. The first kappa shape index (κ1) is 24.8. The number of carbonyl (C=O) groups excluding carboxylic acids is 2. The Morgan fingerprint density at radius 1 is 0.971 bits per heavy atom. The molecular formula is C28H34N2O5. The maximum Gasteiger partial charge on any atom is 0.407 e. The third-order valence-corrected chi connectivity index (χ3v) is 7.03. The van der Waals surface area contributed by atoms with Gasteiger partial charge in [0.25, 0.3) is 0 Å². The van der Waals surface area contributed by atoms with Crippen LogP contribution in [0.15, 0.2) is 48.5 Å². The lowest BCUT2D eigenvalue weighted by Crippen LogP contribution is -2.44. The van der Waals surface area contributed by atoms with Crippen LogP contribution >= 0.6 is 0 Å². The maximum atomic E-state index is 12.3. The zero-order valence-electron chi connectivity index (χ0n) is 20.3. The van der Waals surface area contributed by atoms with Gasteiger partial charge in [-0.3, -0.25) is 4.79 Å². The van der Waals surface area contributed by atoms with E-state index in [-0.39, 0.29) is 30.3 Å². The summed E-state index contributed by atoms with van der Waals surface area (Å²) in [7, 11) is 0. The van der Waals surface area contributed by atoms with Crippen LogP contribution in [-0.4, -0.2) is 42.3 Å². The van der Waals surface area contributed by atoms with Gasteiger partial charge in [0, 0.05) is 18.9 Å². The summed E-state index contributed by atoms with van der Waals surface area (Å²) in [5.74, 6) is -0.465. The van der Waals surface area contributed by atoms with Gasteiger partial charge in [-0.25, -0.2) is 9.59 Å². The summed E-state index contributed by atoms with van der Waals surface area (Å²) in [6.45, 7) is 4.67. The number of hydrogen-bond acceptors (Lipinski definition) is 4. The van der Waals surface area contributed by atoms with Gasteiger partial charge >= 0.3 is 12.1 Å². The molecule has 0 aliphatic heterocycles. The Kier molecular flexibility index (Phi) is 7.73. The second-order valence-corrected chi connectivity index (χ2v) is 10.2. The average molecular weight is 479 g/mol. The Bertz CT molecular complexity index is 1030. The molecule has 0 bridgehead atoms. The van der Waals surface area contributed by atoms with Crippen molar-refractivity contribution in [2.75, 3.05) is 13.2 Å². The fourth-order valence-corrected chi connectivity index (χ4v) is 5.29. The molecule has 0 spiro atoms. The number of alkyl carbamates (subject to hydrolysis) is 1.